The molecule has 0 N–H and O–H groups in total. The fourth-order valence-corrected chi connectivity index (χ4v) is 3.86. The normalized spacial score (nSPS) is 29.6. The Hall–Kier alpha value is -0.740. The molecule has 2 rings (SSSR count). The molecule has 0 aromatic rings. The van der Waals surface area contributed by atoms with Gasteiger partial charge in [-0.1, -0.05) is 13.3 Å². The molecule has 2 nitrogen and oxygen atoms in total. The van der Waals surface area contributed by atoms with E-state index in [1.54, 1.807) is 13.8 Å². The summed E-state index contributed by atoms with van der Waals surface area (Å²) in [6.45, 7) is 5.47. The van der Waals surface area contributed by atoms with E-state index in [1.165, 1.54) is 6.42 Å². The first-order chi connectivity index (χ1) is 10.1. The van der Waals surface area contributed by atoms with E-state index in [0.717, 1.165) is 19.3 Å². The lowest BCUT2D eigenvalue weighted by molar-refractivity contribution is -0.171. The molecule has 2 saturated carbocycles. The summed E-state index contributed by atoms with van der Waals surface area (Å²) in [5.74, 6) is 0.838. The quantitative estimate of drug-likeness (QED) is 0.635. The highest BCUT2D eigenvalue weighted by Gasteiger charge is 2.46. The maximum Gasteiger partial charge on any atom is 0.389 e. The predicted molar refractivity (Wildman–Crippen MR) is 78.2 cm³/mol. The summed E-state index contributed by atoms with van der Waals surface area (Å²) in [4.78, 5) is 12.3. The Labute approximate surface area is 130 Å². The number of carbonyl (C=O) groups is 1. The van der Waals surface area contributed by atoms with Crippen molar-refractivity contribution in [1.82, 2.24) is 0 Å². The molecular weight excluding hydrogens is 293 g/mol. The molecule has 22 heavy (non-hydrogen) atoms. The highest BCUT2D eigenvalue weighted by atomic mass is 19.4. The Morgan fingerprint density at radius 2 is 1.91 bits per heavy atom. The number of ether oxygens (including phenoxy) is 1. The number of hydrogen-bond acceptors (Lipinski definition) is 2. The van der Waals surface area contributed by atoms with E-state index in [2.05, 4.69) is 0 Å². The average molecular weight is 320 g/mol. The lowest BCUT2D eigenvalue weighted by Gasteiger charge is -2.33. The summed E-state index contributed by atoms with van der Waals surface area (Å²) < 4.78 is 43.4. The number of carbonyl (C=O) groups excluding carboxylic acids is 1. The van der Waals surface area contributed by atoms with Gasteiger partial charge < -0.3 is 4.74 Å². The van der Waals surface area contributed by atoms with Gasteiger partial charge in [0.25, 0.3) is 0 Å². The summed E-state index contributed by atoms with van der Waals surface area (Å²) in [6.07, 6.45) is -0.829. The summed E-state index contributed by atoms with van der Waals surface area (Å²) in [7, 11) is 0. The minimum atomic E-state index is -4.19. The highest BCUT2D eigenvalue weighted by Crippen LogP contribution is 2.51. The van der Waals surface area contributed by atoms with E-state index in [0.29, 0.717) is 18.3 Å². The van der Waals surface area contributed by atoms with Crippen LogP contribution < -0.4 is 0 Å². The van der Waals surface area contributed by atoms with Gasteiger partial charge in [0.15, 0.2) is 0 Å². The van der Waals surface area contributed by atoms with E-state index < -0.39 is 24.1 Å². The lowest BCUT2D eigenvalue weighted by Crippen LogP contribution is -2.36. The van der Waals surface area contributed by atoms with Crippen LogP contribution in [0.1, 0.15) is 65.7 Å². The molecular formula is C17H27F3O2. The van der Waals surface area contributed by atoms with Crippen molar-refractivity contribution in [3.63, 3.8) is 0 Å². The van der Waals surface area contributed by atoms with Gasteiger partial charge in [0.2, 0.25) is 0 Å². The molecule has 2 aliphatic carbocycles. The van der Waals surface area contributed by atoms with Crippen molar-refractivity contribution >= 4 is 5.97 Å². The monoisotopic (exact) mass is 320 g/mol. The van der Waals surface area contributed by atoms with Gasteiger partial charge >= 0.3 is 12.1 Å². The maximum absolute atomic E-state index is 12.6. The zero-order chi connectivity index (χ0) is 16.5. The molecule has 0 aliphatic heterocycles. The number of alkyl halides is 3. The minimum Gasteiger partial charge on any atom is -0.462 e. The van der Waals surface area contributed by atoms with E-state index in [4.69, 9.17) is 4.74 Å². The summed E-state index contributed by atoms with van der Waals surface area (Å²) in [5.41, 5.74) is -0.631. The third-order valence-corrected chi connectivity index (χ3v) is 5.68. The molecule has 0 amide bonds. The third-order valence-electron chi connectivity index (χ3n) is 5.68. The molecule has 0 aromatic heterocycles. The first kappa shape index (κ1) is 17.6. The fraction of sp³-hybridized carbons (Fsp3) is 0.941. The second-order valence-corrected chi connectivity index (χ2v) is 7.67. The van der Waals surface area contributed by atoms with Gasteiger partial charge in [0, 0.05) is 6.42 Å². The van der Waals surface area contributed by atoms with E-state index in [1.807, 2.05) is 6.92 Å². The van der Waals surface area contributed by atoms with Gasteiger partial charge in [-0.2, -0.15) is 13.2 Å². The highest BCUT2D eigenvalue weighted by molar-refractivity contribution is 5.76. The van der Waals surface area contributed by atoms with Crippen LogP contribution in [-0.4, -0.2) is 18.2 Å². The molecule has 5 heteroatoms. The van der Waals surface area contributed by atoms with Crippen molar-refractivity contribution in [1.29, 1.82) is 0 Å². The van der Waals surface area contributed by atoms with Crippen LogP contribution in [0.3, 0.4) is 0 Å². The standard InChI is InChI=1S/C17H27F3O2/c1-4-16(2,3)15(21)22-14(7-8-17(18,19)20)13-10-11-5-6-12(13)9-11/h11-14H,4-10H2,1-3H3. The van der Waals surface area contributed by atoms with Gasteiger partial charge in [0.05, 0.1) is 5.41 Å². The molecule has 0 radical (unpaired) electrons. The Morgan fingerprint density at radius 3 is 2.36 bits per heavy atom. The Morgan fingerprint density at radius 1 is 1.23 bits per heavy atom. The SMILES string of the molecule is CCC(C)(C)C(=O)OC(CCC(F)(F)F)C1CC2CCC1C2. The number of rotatable bonds is 6. The first-order valence-electron chi connectivity index (χ1n) is 8.40. The van der Waals surface area contributed by atoms with Crippen molar-refractivity contribution in [2.75, 3.05) is 0 Å². The number of fused-ring (bicyclic) bond motifs is 2. The Kier molecular flexibility index (Phi) is 5.13. The van der Waals surface area contributed by atoms with Crippen LogP contribution in [0, 0.1) is 23.2 Å². The second-order valence-electron chi connectivity index (χ2n) is 7.67. The fourth-order valence-electron chi connectivity index (χ4n) is 3.86. The van der Waals surface area contributed by atoms with Crippen LogP contribution in [-0.2, 0) is 9.53 Å². The number of hydrogen-bond donors (Lipinski definition) is 0. The smallest absolute Gasteiger partial charge is 0.389 e. The van der Waals surface area contributed by atoms with Crippen molar-refractivity contribution in [2.24, 2.45) is 23.2 Å². The third kappa shape index (κ3) is 4.17. The summed E-state index contributed by atoms with van der Waals surface area (Å²) in [6, 6.07) is 0. The van der Waals surface area contributed by atoms with Crippen molar-refractivity contribution < 1.29 is 22.7 Å². The molecule has 2 fully saturated rings. The largest absolute Gasteiger partial charge is 0.462 e. The van der Waals surface area contributed by atoms with Crippen LogP contribution in [0.5, 0.6) is 0 Å². The Bertz CT molecular complexity index is 403. The van der Waals surface area contributed by atoms with Crippen molar-refractivity contribution in [2.45, 2.75) is 78.0 Å². The van der Waals surface area contributed by atoms with Crippen molar-refractivity contribution in [3.05, 3.63) is 0 Å². The first-order valence-corrected chi connectivity index (χ1v) is 8.40. The molecule has 2 bridgehead atoms. The van der Waals surface area contributed by atoms with Crippen LogP contribution in [0.4, 0.5) is 13.2 Å². The van der Waals surface area contributed by atoms with Gasteiger partial charge in [-0.25, -0.2) is 0 Å². The van der Waals surface area contributed by atoms with E-state index in [9.17, 15) is 18.0 Å². The molecule has 0 spiro atoms. The topological polar surface area (TPSA) is 26.3 Å². The molecule has 4 unspecified atom stereocenters. The molecule has 0 saturated heterocycles. The molecule has 128 valence electrons. The van der Waals surface area contributed by atoms with Crippen molar-refractivity contribution in [3.8, 4) is 0 Å². The lowest BCUT2D eigenvalue weighted by atomic mass is 9.82. The van der Waals surface area contributed by atoms with Crippen LogP contribution in [0.15, 0.2) is 0 Å². The summed E-state index contributed by atoms with van der Waals surface area (Å²) in [5, 5.41) is 0. The number of esters is 1. The minimum absolute atomic E-state index is 0.0943. The van der Waals surface area contributed by atoms with Gasteiger partial charge in [0.1, 0.15) is 6.10 Å². The second kappa shape index (κ2) is 6.40. The molecule has 0 aromatic carbocycles. The zero-order valence-electron chi connectivity index (χ0n) is 13.7. The van der Waals surface area contributed by atoms with Gasteiger partial charge in [-0.05, 0) is 63.7 Å². The van der Waals surface area contributed by atoms with Crippen LogP contribution >= 0.6 is 0 Å². The average Bonchev–Trinajstić information content (AvgIpc) is 3.04. The van der Waals surface area contributed by atoms with E-state index >= 15 is 0 Å². The van der Waals surface area contributed by atoms with Crippen LogP contribution in [0.2, 0.25) is 0 Å². The predicted octanol–water partition coefficient (Wildman–Crippen LogP) is 5.11. The van der Waals surface area contributed by atoms with E-state index in [-0.39, 0.29) is 18.3 Å². The molecule has 2 aliphatic rings. The van der Waals surface area contributed by atoms with Gasteiger partial charge in [-0.15, -0.1) is 0 Å². The van der Waals surface area contributed by atoms with Gasteiger partial charge in [-0.3, -0.25) is 4.79 Å². The number of halogens is 3. The maximum atomic E-state index is 12.6. The zero-order valence-corrected chi connectivity index (χ0v) is 13.7. The molecule has 0 heterocycles. The Balaban J connectivity index is 2.03. The summed E-state index contributed by atoms with van der Waals surface area (Å²) >= 11 is 0. The van der Waals surface area contributed by atoms with Crippen LogP contribution in [0.25, 0.3) is 0 Å². The molecule has 4 atom stereocenters.